The lowest BCUT2D eigenvalue weighted by Gasteiger charge is -2.22. The van der Waals surface area contributed by atoms with Crippen LogP contribution in [0.3, 0.4) is 0 Å². The van der Waals surface area contributed by atoms with Gasteiger partial charge in [0.05, 0.1) is 13.0 Å². The molecule has 0 saturated carbocycles. The van der Waals surface area contributed by atoms with Crippen LogP contribution in [-0.4, -0.2) is 56.0 Å². The van der Waals surface area contributed by atoms with Gasteiger partial charge >= 0.3 is 0 Å². The van der Waals surface area contributed by atoms with Crippen LogP contribution in [0.2, 0.25) is 0 Å². The zero-order valence-corrected chi connectivity index (χ0v) is 12.2. The molecule has 5 heteroatoms. The first-order valence-electron chi connectivity index (χ1n) is 6.91. The highest BCUT2D eigenvalue weighted by Crippen LogP contribution is 2.15. The lowest BCUT2D eigenvalue weighted by Crippen LogP contribution is -2.37. The molecular weight excluding hydrogens is 254 g/mol. The normalized spacial score (nSPS) is 21.4. The first-order valence-corrected chi connectivity index (χ1v) is 6.91. The minimum absolute atomic E-state index is 0.0965. The molecule has 5 nitrogen and oxygen atoms in total. The van der Waals surface area contributed by atoms with Crippen LogP contribution >= 0.6 is 0 Å². The van der Waals surface area contributed by atoms with Crippen molar-refractivity contribution in [2.45, 2.75) is 6.54 Å². The summed E-state index contributed by atoms with van der Waals surface area (Å²) in [6.45, 7) is 4.22. The number of likely N-dealkylation sites (N-methyl/N-ethyl adjacent to an activating group) is 1. The van der Waals surface area contributed by atoms with Crippen LogP contribution in [0.25, 0.3) is 0 Å². The van der Waals surface area contributed by atoms with Gasteiger partial charge in [-0.3, -0.25) is 9.69 Å². The maximum atomic E-state index is 11.5. The zero-order chi connectivity index (χ0) is 14.5. The molecule has 1 aromatic rings. The maximum absolute atomic E-state index is 11.5. The lowest BCUT2D eigenvalue weighted by molar-refractivity contribution is -0.122. The van der Waals surface area contributed by atoms with Crippen molar-refractivity contribution in [3.63, 3.8) is 0 Å². The fraction of sp³-hybridized carbons (Fsp3) is 0.533. The predicted molar refractivity (Wildman–Crippen MR) is 78.5 cm³/mol. The lowest BCUT2D eigenvalue weighted by atomic mass is 10.1. The average Bonchev–Trinajstić information content (AvgIpc) is 2.62. The Morgan fingerprint density at radius 2 is 2.00 bits per heavy atom. The molecule has 0 radical (unpaired) electrons. The van der Waals surface area contributed by atoms with Crippen molar-refractivity contribution in [3.05, 3.63) is 29.8 Å². The number of carbonyl (C=O) groups excluding carboxylic acids is 1. The Labute approximate surface area is 120 Å². The van der Waals surface area contributed by atoms with E-state index in [0.717, 1.165) is 38.5 Å². The number of nitrogens with zero attached hydrogens (tertiary/aromatic N) is 2. The zero-order valence-electron chi connectivity index (χ0n) is 12.2. The van der Waals surface area contributed by atoms with Gasteiger partial charge < -0.3 is 15.4 Å². The Bertz CT molecular complexity index is 447. The summed E-state index contributed by atoms with van der Waals surface area (Å²) in [6, 6.07) is 8.05. The number of rotatable bonds is 4. The minimum Gasteiger partial charge on any atom is -0.497 e. The number of ether oxygens (including phenoxy) is 1. The van der Waals surface area contributed by atoms with Crippen LogP contribution in [0.15, 0.2) is 24.3 Å². The van der Waals surface area contributed by atoms with Crippen LogP contribution in [0, 0.1) is 5.92 Å². The Morgan fingerprint density at radius 1 is 1.30 bits per heavy atom. The third-order valence-electron chi connectivity index (χ3n) is 3.78. The number of hydrogen-bond acceptors (Lipinski definition) is 4. The van der Waals surface area contributed by atoms with E-state index in [1.165, 1.54) is 5.56 Å². The van der Waals surface area contributed by atoms with Crippen molar-refractivity contribution in [2.75, 3.05) is 40.3 Å². The fourth-order valence-electron chi connectivity index (χ4n) is 2.55. The monoisotopic (exact) mass is 277 g/mol. The molecule has 0 spiro atoms. The summed E-state index contributed by atoms with van der Waals surface area (Å²) >= 11 is 0. The molecule has 0 bridgehead atoms. The highest BCUT2D eigenvalue weighted by atomic mass is 16.5. The Hall–Kier alpha value is -1.59. The van der Waals surface area contributed by atoms with Crippen molar-refractivity contribution < 1.29 is 9.53 Å². The van der Waals surface area contributed by atoms with E-state index in [1.54, 1.807) is 7.11 Å². The smallest absolute Gasteiger partial charge is 0.223 e. The number of amides is 1. The molecular formula is C15H23N3O2. The molecule has 20 heavy (non-hydrogen) atoms. The molecule has 1 saturated heterocycles. The number of benzene rings is 1. The quantitative estimate of drug-likeness (QED) is 0.873. The average molecular weight is 277 g/mol. The maximum Gasteiger partial charge on any atom is 0.223 e. The van der Waals surface area contributed by atoms with E-state index >= 15 is 0 Å². The van der Waals surface area contributed by atoms with Gasteiger partial charge in [-0.15, -0.1) is 0 Å². The second-order valence-corrected chi connectivity index (χ2v) is 5.44. The minimum atomic E-state index is -0.210. The van der Waals surface area contributed by atoms with Gasteiger partial charge in [0.2, 0.25) is 5.91 Å². The molecule has 1 fully saturated rings. The van der Waals surface area contributed by atoms with Gasteiger partial charge in [0.1, 0.15) is 5.75 Å². The molecule has 1 aliphatic rings. The molecule has 0 aliphatic carbocycles. The van der Waals surface area contributed by atoms with Crippen LogP contribution < -0.4 is 10.5 Å². The van der Waals surface area contributed by atoms with Gasteiger partial charge in [0.15, 0.2) is 0 Å². The van der Waals surface area contributed by atoms with E-state index in [-0.39, 0.29) is 11.8 Å². The third-order valence-corrected chi connectivity index (χ3v) is 3.78. The molecule has 0 aromatic heterocycles. The van der Waals surface area contributed by atoms with E-state index in [2.05, 4.69) is 21.9 Å². The summed E-state index contributed by atoms with van der Waals surface area (Å²) < 4.78 is 5.16. The van der Waals surface area contributed by atoms with Gasteiger partial charge in [-0.05, 0) is 24.7 Å². The Morgan fingerprint density at radius 3 is 2.60 bits per heavy atom. The number of primary amides is 1. The van der Waals surface area contributed by atoms with Gasteiger partial charge in [-0.25, -0.2) is 0 Å². The molecule has 2 N–H and O–H groups in total. The summed E-state index contributed by atoms with van der Waals surface area (Å²) in [5, 5.41) is 0. The topological polar surface area (TPSA) is 58.8 Å². The van der Waals surface area contributed by atoms with Gasteiger partial charge in [-0.1, -0.05) is 12.1 Å². The van der Waals surface area contributed by atoms with Crippen molar-refractivity contribution in [3.8, 4) is 5.75 Å². The second kappa shape index (κ2) is 6.72. The van der Waals surface area contributed by atoms with Gasteiger partial charge in [0.25, 0.3) is 0 Å². The van der Waals surface area contributed by atoms with E-state index < -0.39 is 0 Å². The second-order valence-electron chi connectivity index (χ2n) is 5.44. The Kier molecular flexibility index (Phi) is 4.98. The van der Waals surface area contributed by atoms with Crippen molar-refractivity contribution in [1.29, 1.82) is 0 Å². The third kappa shape index (κ3) is 3.95. The predicted octanol–water partition coefficient (Wildman–Crippen LogP) is 0.544. The van der Waals surface area contributed by atoms with Gasteiger partial charge in [0, 0.05) is 32.7 Å². The number of methoxy groups -OCH3 is 1. The van der Waals surface area contributed by atoms with Crippen LogP contribution in [0.5, 0.6) is 5.75 Å². The summed E-state index contributed by atoms with van der Waals surface area (Å²) in [5.74, 6) is 0.554. The van der Waals surface area contributed by atoms with Gasteiger partial charge in [-0.2, -0.15) is 0 Å². The molecule has 110 valence electrons. The first-order chi connectivity index (χ1) is 9.58. The number of hydrogen-bond donors (Lipinski definition) is 1. The molecule has 1 amide bonds. The molecule has 1 aliphatic heterocycles. The molecule has 1 atom stereocenters. The van der Waals surface area contributed by atoms with Crippen LogP contribution in [0.1, 0.15) is 5.56 Å². The van der Waals surface area contributed by atoms with E-state index in [0.29, 0.717) is 0 Å². The summed E-state index contributed by atoms with van der Waals surface area (Å²) in [4.78, 5) is 15.9. The molecule has 0 unspecified atom stereocenters. The van der Waals surface area contributed by atoms with Crippen molar-refractivity contribution in [2.24, 2.45) is 11.7 Å². The largest absolute Gasteiger partial charge is 0.497 e. The molecule has 1 heterocycles. The summed E-state index contributed by atoms with van der Waals surface area (Å²) in [7, 11) is 3.70. The summed E-state index contributed by atoms with van der Waals surface area (Å²) in [5.41, 5.74) is 6.70. The van der Waals surface area contributed by atoms with Crippen molar-refractivity contribution >= 4 is 5.91 Å². The number of carbonyl (C=O) groups is 1. The highest BCUT2D eigenvalue weighted by Gasteiger charge is 2.24. The van der Waals surface area contributed by atoms with Crippen LogP contribution in [0.4, 0.5) is 0 Å². The molecule has 2 rings (SSSR count). The van der Waals surface area contributed by atoms with E-state index in [9.17, 15) is 4.79 Å². The van der Waals surface area contributed by atoms with E-state index in [1.807, 2.05) is 19.2 Å². The number of nitrogens with two attached hydrogens (primary N) is 1. The standard InChI is InChI=1S/C15H23N3O2/c1-17-7-8-18(11-13(10-17)15(16)19)9-12-3-5-14(20-2)6-4-12/h3-6,13H,7-11H2,1-2H3,(H2,16,19)/t13-/m0/s1. The summed E-state index contributed by atoms with van der Waals surface area (Å²) in [6.07, 6.45) is 0. The SMILES string of the molecule is COc1ccc(CN2CCN(C)C[C@H](C(N)=O)C2)cc1. The Balaban J connectivity index is 2.01. The fourth-order valence-corrected chi connectivity index (χ4v) is 2.55. The van der Waals surface area contributed by atoms with E-state index in [4.69, 9.17) is 10.5 Å². The highest BCUT2D eigenvalue weighted by molar-refractivity contribution is 5.77. The van der Waals surface area contributed by atoms with Crippen molar-refractivity contribution in [1.82, 2.24) is 9.80 Å². The van der Waals surface area contributed by atoms with Crippen LogP contribution in [-0.2, 0) is 11.3 Å². The molecule has 1 aromatic carbocycles. The first kappa shape index (κ1) is 14.8.